The van der Waals surface area contributed by atoms with E-state index in [1.165, 1.54) is 11.1 Å². The maximum Gasteiger partial charge on any atom is 0.127 e. The van der Waals surface area contributed by atoms with Crippen LogP contribution in [0.5, 0.6) is 17.2 Å². The lowest BCUT2D eigenvalue weighted by atomic mass is 10.0. The van der Waals surface area contributed by atoms with Crippen molar-refractivity contribution in [2.24, 2.45) is 0 Å². The fourth-order valence-electron chi connectivity index (χ4n) is 4.17. The van der Waals surface area contributed by atoms with Crippen LogP contribution >= 0.6 is 0 Å². The number of nitrogens with one attached hydrogen (secondary N) is 1. The number of nitrogens with zero attached hydrogens (tertiary/aromatic N) is 1. The first kappa shape index (κ1) is 22.5. The van der Waals surface area contributed by atoms with E-state index in [-0.39, 0.29) is 0 Å². The summed E-state index contributed by atoms with van der Waals surface area (Å²) in [5.41, 5.74) is 5.54. The van der Waals surface area contributed by atoms with Gasteiger partial charge in [-0.1, -0.05) is 42.5 Å². The first-order valence-electron chi connectivity index (χ1n) is 11.9. The number of fused-ring (bicyclic) bond motifs is 1. The van der Waals surface area contributed by atoms with Gasteiger partial charge in [-0.25, -0.2) is 0 Å². The van der Waals surface area contributed by atoms with E-state index in [4.69, 9.17) is 9.47 Å². The molecule has 174 valence electrons. The van der Waals surface area contributed by atoms with Crippen LogP contribution in [0.3, 0.4) is 0 Å². The van der Waals surface area contributed by atoms with E-state index < -0.39 is 0 Å². The zero-order chi connectivity index (χ0) is 23.9. The lowest BCUT2D eigenvalue weighted by Crippen LogP contribution is -1.94. The Balaban J connectivity index is 1.22. The average molecular weight is 461 g/mol. The molecule has 5 rings (SSSR count). The molecule has 0 fully saturated rings. The van der Waals surface area contributed by atoms with Crippen molar-refractivity contribution in [3.8, 4) is 17.2 Å². The fraction of sp³-hybridized carbons (Fsp3) is 0.129. The zero-order valence-corrected chi connectivity index (χ0v) is 19.8. The molecule has 0 saturated heterocycles. The van der Waals surface area contributed by atoms with Crippen LogP contribution in [-0.4, -0.2) is 12.1 Å². The van der Waals surface area contributed by atoms with E-state index in [9.17, 15) is 0 Å². The number of pyridine rings is 1. The number of benzene rings is 4. The minimum absolute atomic E-state index is 0.804. The van der Waals surface area contributed by atoms with Gasteiger partial charge in [0, 0.05) is 23.0 Å². The van der Waals surface area contributed by atoms with Crippen molar-refractivity contribution in [3.63, 3.8) is 0 Å². The van der Waals surface area contributed by atoms with Gasteiger partial charge in [0.25, 0.3) is 0 Å². The maximum atomic E-state index is 6.14. The van der Waals surface area contributed by atoms with Crippen LogP contribution in [0, 0.1) is 0 Å². The summed E-state index contributed by atoms with van der Waals surface area (Å²) >= 11 is 0. The Morgan fingerprint density at radius 2 is 1.46 bits per heavy atom. The van der Waals surface area contributed by atoms with Gasteiger partial charge in [0.05, 0.1) is 12.6 Å². The molecular weight excluding hydrogens is 432 g/mol. The average Bonchev–Trinajstić information content (AvgIpc) is 2.91. The minimum atomic E-state index is 0.804. The van der Waals surface area contributed by atoms with Crippen LogP contribution in [-0.2, 0) is 12.8 Å². The molecule has 1 aromatic heterocycles. The normalized spacial score (nSPS) is 10.8. The van der Waals surface area contributed by atoms with Gasteiger partial charge >= 0.3 is 0 Å². The predicted molar refractivity (Wildman–Crippen MR) is 143 cm³/mol. The van der Waals surface area contributed by atoms with Crippen LogP contribution in [0.2, 0.25) is 0 Å². The quantitative estimate of drug-likeness (QED) is 0.242. The Kier molecular flexibility index (Phi) is 6.90. The molecule has 0 spiro atoms. The van der Waals surface area contributed by atoms with E-state index in [1.54, 1.807) is 7.11 Å². The Labute approximate surface area is 206 Å². The lowest BCUT2D eigenvalue weighted by molar-refractivity contribution is 0.415. The number of methoxy groups -OCH3 is 1. The second-order valence-corrected chi connectivity index (χ2v) is 8.48. The third kappa shape index (κ3) is 5.79. The van der Waals surface area contributed by atoms with Gasteiger partial charge in [0.1, 0.15) is 17.2 Å². The summed E-state index contributed by atoms with van der Waals surface area (Å²) in [5.74, 6) is 2.47. The van der Waals surface area contributed by atoms with Crippen molar-refractivity contribution >= 4 is 22.3 Å². The van der Waals surface area contributed by atoms with Crippen molar-refractivity contribution in [1.82, 2.24) is 4.98 Å². The highest BCUT2D eigenvalue weighted by Crippen LogP contribution is 2.30. The summed E-state index contributed by atoms with van der Waals surface area (Å²) in [6, 6.07) is 34.8. The molecule has 0 aliphatic heterocycles. The topological polar surface area (TPSA) is 43.4 Å². The number of hydrogen-bond donors (Lipinski definition) is 1. The second-order valence-electron chi connectivity index (χ2n) is 8.48. The molecule has 0 radical (unpaired) electrons. The smallest absolute Gasteiger partial charge is 0.127 e. The Morgan fingerprint density at radius 1 is 0.686 bits per heavy atom. The van der Waals surface area contributed by atoms with Gasteiger partial charge in [0.15, 0.2) is 0 Å². The fourth-order valence-corrected chi connectivity index (χ4v) is 4.17. The number of ether oxygens (including phenoxy) is 2. The van der Waals surface area contributed by atoms with Gasteiger partial charge in [-0.3, -0.25) is 4.98 Å². The molecule has 1 N–H and O–H groups in total. The van der Waals surface area contributed by atoms with Crippen LogP contribution in [0.15, 0.2) is 109 Å². The van der Waals surface area contributed by atoms with Crippen molar-refractivity contribution in [2.75, 3.05) is 12.4 Å². The van der Waals surface area contributed by atoms with Gasteiger partial charge in [0.2, 0.25) is 0 Å². The van der Waals surface area contributed by atoms with E-state index in [2.05, 4.69) is 58.8 Å². The third-order valence-electron chi connectivity index (χ3n) is 5.99. The van der Waals surface area contributed by atoms with E-state index in [0.29, 0.717) is 0 Å². The van der Waals surface area contributed by atoms with E-state index in [1.807, 2.05) is 60.8 Å². The molecule has 5 aromatic rings. The Hall–Kier alpha value is -4.31. The van der Waals surface area contributed by atoms with Gasteiger partial charge in [-0.05, 0) is 91.1 Å². The molecule has 4 aromatic carbocycles. The molecule has 0 unspecified atom stereocenters. The van der Waals surface area contributed by atoms with Crippen LogP contribution in [0.1, 0.15) is 17.5 Å². The number of hydrogen-bond acceptors (Lipinski definition) is 4. The molecule has 0 bridgehead atoms. The van der Waals surface area contributed by atoms with Crippen LogP contribution in [0.25, 0.3) is 10.9 Å². The number of aromatic nitrogens is 1. The maximum absolute atomic E-state index is 6.14. The summed E-state index contributed by atoms with van der Waals surface area (Å²) in [6.07, 6.45) is 5.03. The van der Waals surface area contributed by atoms with E-state index in [0.717, 1.165) is 58.8 Å². The largest absolute Gasteiger partial charge is 0.497 e. The summed E-state index contributed by atoms with van der Waals surface area (Å²) in [7, 11) is 1.67. The summed E-state index contributed by atoms with van der Waals surface area (Å²) in [5, 5.41) is 4.49. The Bertz CT molecular complexity index is 1400. The molecule has 0 aliphatic carbocycles. The molecule has 35 heavy (non-hydrogen) atoms. The monoisotopic (exact) mass is 460 g/mol. The zero-order valence-electron chi connectivity index (χ0n) is 19.8. The first-order chi connectivity index (χ1) is 17.3. The number of anilines is 2. The van der Waals surface area contributed by atoms with Crippen molar-refractivity contribution in [2.45, 2.75) is 19.3 Å². The van der Waals surface area contributed by atoms with Crippen LogP contribution < -0.4 is 14.8 Å². The number of rotatable bonds is 9. The van der Waals surface area contributed by atoms with E-state index >= 15 is 0 Å². The first-order valence-corrected chi connectivity index (χ1v) is 11.9. The van der Waals surface area contributed by atoms with Gasteiger partial charge in [-0.2, -0.15) is 0 Å². The predicted octanol–water partition coefficient (Wildman–Crippen LogP) is 7.95. The molecule has 1 heterocycles. The number of aryl methyl sites for hydroxylation is 2. The lowest BCUT2D eigenvalue weighted by Gasteiger charge is -2.12. The Morgan fingerprint density at radius 3 is 2.29 bits per heavy atom. The standard InChI is InChI=1S/C31H28N2O2/c1-34-27-17-18-30-29(22-27)31(19-20-32-30)33-25-13-15-26(16-14-25)35-28-12-6-11-24(21-28)10-5-9-23-7-3-2-4-8-23/h2-4,6-8,11-22H,5,9-10H2,1H3,(H,32,33). The highest BCUT2D eigenvalue weighted by Gasteiger charge is 2.06. The molecule has 0 atom stereocenters. The summed E-state index contributed by atoms with van der Waals surface area (Å²) < 4.78 is 11.5. The molecule has 4 nitrogen and oxygen atoms in total. The highest BCUT2D eigenvalue weighted by atomic mass is 16.5. The molecule has 4 heteroatoms. The van der Waals surface area contributed by atoms with Crippen molar-refractivity contribution in [1.29, 1.82) is 0 Å². The SMILES string of the molecule is COc1ccc2nccc(Nc3ccc(Oc4cccc(CCCc5ccccc5)c4)cc3)c2c1. The summed E-state index contributed by atoms with van der Waals surface area (Å²) in [6.45, 7) is 0. The van der Waals surface area contributed by atoms with Gasteiger partial charge in [-0.15, -0.1) is 0 Å². The molecule has 0 amide bonds. The molecule has 0 aliphatic rings. The van der Waals surface area contributed by atoms with Crippen molar-refractivity contribution < 1.29 is 9.47 Å². The summed E-state index contributed by atoms with van der Waals surface area (Å²) in [4.78, 5) is 4.45. The molecular formula is C31H28N2O2. The second kappa shape index (κ2) is 10.7. The molecule has 0 saturated carbocycles. The highest BCUT2D eigenvalue weighted by molar-refractivity contribution is 5.93. The third-order valence-corrected chi connectivity index (χ3v) is 5.99. The van der Waals surface area contributed by atoms with Crippen LogP contribution in [0.4, 0.5) is 11.4 Å². The van der Waals surface area contributed by atoms with Gasteiger partial charge < -0.3 is 14.8 Å². The van der Waals surface area contributed by atoms with Crippen molar-refractivity contribution in [3.05, 3.63) is 120 Å². The minimum Gasteiger partial charge on any atom is -0.497 e.